The minimum Gasteiger partial charge on any atom is -0.487 e. The third kappa shape index (κ3) is 3.10. The summed E-state index contributed by atoms with van der Waals surface area (Å²) in [6, 6.07) is 5.61. The highest BCUT2D eigenvalue weighted by Crippen LogP contribution is 2.29. The molecule has 1 aromatic rings. The van der Waals surface area contributed by atoms with Crippen molar-refractivity contribution >= 4 is 27.7 Å². The molecule has 18 heavy (non-hydrogen) atoms. The van der Waals surface area contributed by atoms with Crippen LogP contribution in [0, 0.1) is 0 Å². The number of hydrogen-bond donors (Lipinski definition) is 0. The predicted molar refractivity (Wildman–Crippen MR) is 72.4 cm³/mol. The average Bonchev–Trinajstić information content (AvgIpc) is 2.57. The molecule has 1 aromatic carbocycles. The second-order valence-electron chi connectivity index (χ2n) is 4.97. The molecule has 0 spiro atoms. The Labute approximate surface area is 114 Å². The molecule has 0 unspecified atom stereocenters. The first kappa shape index (κ1) is 13.1. The maximum absolute atomic E-state index is 11.6. The van der Waals surface area contributed by atoms with E-state index < -0.39 is 11.7 Å². The number of amides is 1. The molecule has 96 valence electrons. The average molecular weight is 312 g/mol. The summed E-state index contributed by atoms with van der Waals surface area (Å²) >= 11 is 3.36. The lowest BCUT2D eigenvalue weighted by Gasteiger charge is -2.17. The van der Waals surface area contributed by atoms with Gasteiger partial charge in [0.05, 0.1) is 5.71 Å². The van der Waals surface area contributed by atoms with Gasteiger partial charge in [0.2, 0.25) is 0 Å². The molecule has 0 N–H and O–H groups in total. The van der Waals surface area contributed by atoms with E-state index in [0.717, 1.165) is 15.8 Å². The minimum atomic E-state index is -0.586. The van der Waals surface area contributed by atoms with E-state index in [1.165, 1.54) is 0 Å². The van der Waals surface area contributed by atoms with E-state index in [1.54, 1.807) is 20.8 Å². The van der Waals surface area contributed by atoms with Crippen molar-refractivity contribution in [3.05, 3.63) is 28.2 Å². The van der Waals surface area contributed by atoms with Crippen molar-refractivity contribution in [3.8, 4) is 5.75 Å². The third-order valence-corrected chi connectivity index (χ3v) is 2.73. The molecular weight excluding hydrogens is 298 g/mol. The normalized spacial score (nSPS) is 16.3. The Hall–Kier alpha value is -1.36. The fraction of sp³-hybridized carbons (Fsp3) is 0.385. The molecule has 0 atom stereocenters. The first-order valence-electron chi connectivity index (χ1n) is 5.58. The number of ether oxygens (including phenoxy) is 2. The second-order valence-corrected chi connectivity index (χ2v) is 5.88. The summed E-state index contributed by atoms with van der Waals surface area (Å²) in [4.78, 5) is 15.6. The summed E-state index contributed by atoms with van der Waals surface area (Å²) in [5.74, 6) is 0.728. The lowest BCUT2D eigenvalue weighted by molar-refractivity contribution is 0.0604. The maximum atomic E-state index is 11.6. The van der Waals surface area contributed by atoms with Gasteiger partial charge in [-0.25, -0.2) is 4.79 Å². The fourth-order valence-electron chi connectivity index (χ4n) is 1.57. The van der Waals surface area contributed by atoms with Crippen LogP contribution in [0.25, 0.3) is 0 Å². The van der Waals surface area contributed by atoms with Crippen LogP contribution in [0.5, 0.6) is 5.75 Å². The molecule has 0 saturated carbocycles. The van der Waals surface area contributed by atoms with Gasteiger partial charge in [-0.2, -0.15) is 4.99 Å². The molecular formula is C13H14BrNO3. The molecule has 1 aliphatic heterocycles. The van der Waals surface area contributed by atoms with E-state index in [0.29, 0.717) is 12.3 Å². The van der Waals surface area contributed by atoms with Gasteiger partial charge in [-0.15, -0.1) is 0 Å². The monoisotopic (exact) mass is 311 g/mol. The van der Waals surface area contributed by atoms with Crippen LogP contribution < -0.4 is 4.74 Å². The summed E-state index contributed by atoms with van der Waals surface area (Å²) in [5, 5.41) is 0. The van der Waals surface area contributed by atoms with Crippen LogP contribution in [-0.2, 0) is 4.74 Å². The van der Waals surface area contributed by atoms with Crippen molar-refractivity contribution < 1.29 is 14.3 Å². The first-order valence-corrected chi connectivity index (χ1v) is 6.38. The van der Waals surface area contributed by atoms with Crippen LogP contribution in [0.4, 0.5) is 4.79 Å². The zero-order chi connectivity index (χ0) is 13.3. The Kier molecular flexibility index (Phi) is 3.43. The molecule has 4 nitrogen and oxygen atoms in total. The molecule has 0 aromatic heterocycles. The van der Waals surface area contributed by atoms with Crippen LogP contribution >= 0.6 is 15.9 Å². The van der Waals surface area contributed by atoms with Gasteiger partial charge in [-0.1, -0.05) is 15.9 Å². The molecule has 1 aliphatic rings. The summed E-state index contributed by atoms with van der Waals surface area (Å²) in [5.41, 5.74) is 0.902. The zero-order valence-corrected chi connectivity index (χ0v) is 12.1. The van der Waals surface area contributed by atoms with Crippen LogP contribution in [0.2, 0.25) is 0 Å². The van der Waals surface area contributed by atoms with E-state index >= 15 is 0 Å². The lowest BCUT2D eigenvalue weighted by atomic mass is 10.1. The van der Waals surface area contributed by atoms with Gasteiger partial charge in [0, 0.05) is 10.0 Å². The number of nitrogens with zero attached hydrogens (tertiary/aromatic N) is 1. The van der Waals surface area contributed by atoms with E-state index in [-0.39, 0.29) is 0 Å². The molecule has 0 saturated heterocycles. The number of hydrogen-bond acceptors (Lipinski definition) is 3. The molecule has 0 bridgehead atoms. The fourth-order valence-corrected chi connectivity index (χ4v) is 1.91. The predicted octanol–water partition coefficient (Wildman–Crippen LogP) is 3.57. The van der Waals surface area contributed by atoms with Gasteiger partial charge in [-0.05, 0) is 39.0 Å². The Morgan fingerprint density at radius 3 is 2.83 bits per heavy atom. The number of rotatable bonds is 0. The molecule has 2 rings (SSSR count). The molecule has 0 fully saturated rings. The smallest absolute Gasteiger partial charge is 0.434 e. The van der Waals surface area contributed by atoms with E-state index in [9.17, 15) is 4.79 Å². The van der Waals surface area contributed by atoms with Crippen LogP contribution in [0.3, 0.4) is 0 Å². The van der Waals surface area contributed by atoms with Crippen molar-refractivity contribution in [2.24, 2.45) is 4.99 Å². The van der Waals surface area contributed by atoms with Crippen molar-refractivity contribution in [1.82, 2.24) is 0 Å². The van der Waals surface area contributed by atoms with Crippen LogP contribution in [0.1, 0.15) is 26.3 Å². The lowest BCUT2D eigenvalue weighted by Crippen LogP contribution is -2.23. The molecule has 1 amide bonds. The van der Waals surface area contributed by atoms with Crippen molar-refractivity contribution in [1.29, 1.82) is 0 Å². The molecule has 0 radical (unpaired) electrons. The van der Waals surface area contributed by atoms with Crippen molar-refractivity contribution in [2.75, 3.05) is 6.61 Å². The number of aliphatic imine (C=N–C) groups is 1. The Morgan fingerprint density at radius 1 is 1.44 bits per heavy atom. The number of carbonyl (C=O) groups excluding carboxylic acids is 1. The van der Waals surface area contributed by atoms with Crippen LogP contribution in [-0.4, -0.2) is 24.0 Å². The van der Waals surface area contributed by atoms with Crippen LogP contribution in [0.15, 0.2) is 27.7 Å². The summed E-state index contributed by atoms with van der Waals surface area (Å²) in [6.07, 6.45) is -0.586. The summed E-state index contributed by atoms with van der Waals surface area (Å²) in [6.45, 7) is 5.72. The van der Waals surface area contributed by atoms with Crippen molar-refractivity contribution in [2.45, 2.75) is 26.4 Å². The molecule has 5 heteroatoms. The highest BCUT2D eigenvalue weighted by Gasteiger charge is 2.22. The highest BCUT2D eigenvalue weighted by molar-refractivity contribution is 9.10. The Morgan fingerprint density at radius 2 is 2.17 bits per heavy atom. The highest BCUT2D eigenvalue weighted by atomic mass is 79.9. The van der Waals surface area contributed by atoms with Gasteiger partial charge in [0.25, 0.3) is 0 Å². The number of halogens is 1. The number of benzene rings is 1. The molecule has 1 heterocycles. The van der Waals surface area contributed by atoms with Gasteiger partial charge in [0.1, 0.15) is 18.0 Å². The molecule has 0 aliphatic carbocycles. The SMILES string of the molecule is CC(C)(C)OC(=O)/N=C1/COc2cc(Br)ccc21. The maximum Gasteiger partial charge on any atom is 0.434 e. The van der Waals surface area contributed by atoms with E-state index in [1.807, 2.05) is 18.2 Å². The largest absolute Gasteiger partial charge is 0.487 e. The Bertz CT molecular complexity index is 517. The number of carbonyl (C=O) groups is 1. The van der Waals surface area contributed by atoms with E-state index in [2.05, 4.69) is 20.9 Å². The minimum absolute atomic E-state index is 0.297. The van der Waals surface area contributed by atoms with E-state index in [4.69, 9.17) is 9.47 Å². The first-order chi connectivity index (χ1) is 8.35. The third-order valence-electron chi connectivity index (χ3n) is 2.24. The zero-order valence-electron chi connectivity index (χ0n) is 10.5. The van der Waals surface area contributed by atoms with Gasteiger partial charge in [0.15, 0.2) is 0 Å². The Balaban J connectivity index is 2.21. The van der Waals surface area contributed by atoms with Gasteiger partial charge >= 0.3 is 6.09 Å². The quantitative estimate of drug-likeness (QED) is 0.736. The standard InChI is InChI=1S/C13H14BrNO3/c1-13(2,3)18-12(16)15-10-7-17-11-6-8(14)4-5-9(10)11/h4-6H,7H2,1-3H3/b15-10-. The number of fused-ring (bicyclic) bond motifs is 1. The summed E-state index contributed by atoms with van der Waals surface area (Å²) < 4.78 is 11.5. The van der Waals surface area contributed by atoms with Crippen molar-refractivity contribution in [3.63, 3.8) is 0 Å². The topological polar surface area (TPSA) is 47.9 Å². The summed E-state index contributed by atoms with van der Waals surface area (Å²) in [7, 11) is 0. The second kappa shape index (κ2) is 4.72. The van der Waals surface area contributed by atoms with Gasteiger partial charge < -0.3 is 9.47 Å². The van der Waals surface area contributed by atoms with Gasteiger partial charge in [-0.3, -0.25) is 0 Å².